The number of fused-ring (bicyclic) bond motifs is 1. The first-order valence-electron chi connectivity index (χ1n) is 7.80. The van der Waals surface area contributed by atoms with Crippen LogP contribution in [0, 0.1) is 5.92 Å². The Bertz CT molecular complexity index is 485. The minimum Gasteiger partial charge on any atom is -0.486 e. The van der Waals surface area contributed by atoms with Crippen LogP contribution in [0.1, 0.15) is 51.6 Å². The van der Waals surface area contributed by atoms with E-state index in [1.54, 1.807) is 0 Å². The van der Waals surface area contributed by atoms with Crippen molar-refractivity contribution in [3.05, 3.63) is 23.8 Å². The second-order valence-corrected chi connectivity index (χ2v) is 5.80. The van der Waals surface area contributed by atoms with E-state index in [0.717, 1.165) is 29.9 Å². The second-order valence-electron chi connectivity index (χ2n) is 5.80. The van der Waals surface area contributed by atoms with Gasteiger partial charge in [-0.05, 0) is 30.0 Å². The number of unbranched alkanes of at least 4 members (excludes halogenated alkanes) is 1. The molecule has 0 saturated heterocycles. The topological polar surface area (TPSA) is 47.6 Å². The predicted octanol–water partition coefficient (Wildman–Crippen LogP) is 3.46. The van der Waals surface area contributed by atoms with Gasteiger partial charge in [-0.1, -0.05) is 33.3 Å². The minimum absolute atomic E-state index is 0.00480. The van der Waals surface area contributed by atoms with Crippen LogP contribution in [-0.4, -0.2) is 19.1 Å². The Labute approximate surface area is 126 Å². The lowest BCUT2D eigenvalue weighted by Gasteiger charge is -2.25. The van der Waals surface area contributed by atoms with Gasteiger partial charge < -0.3 is 14.8 Å². The maximum atomic E-state index is 12.0. The van der Waals surface area contributed by atoms with Crippen molar-refractivity contribution >= 4 is 5.91 Å². The summed E-state index contributed by atoms with van der Waals surface area (Å²) < 4.78 is 11.2. The Morgan fingerprint density at radius 2 is 1.95 bits per heavy atom. The summed E-state index contributed by atoms with van der Waals surface area (Å²) in [7, 11) is 0. The first-order chi connectivity index (χ1) is 10.1. The summed E-state index contributed by atoms with van der Waals surface area (Å²) in [5.41, 5.74) is 1.07. The van der Waals surface area contributed by atoms with Crippen molar-refractivity contribution in [2.45, 2.75) is 46.1 Å². The first-order valence-corrected chi connectivity index (χ1v) is 7.80. The number of rotatable bonds is 6. The van der Waals surface area contributed by atoms with Crippen molar-refractivity contribution < 1.29 is 14.3 Å². The van der Waals surface area contributed by atoms with Gasteiger partial charge in [-0.25, -0.2) is 0 Å². The van der Waals surface area contributed by atoms with E-state index in [1.807, 2.05) is 18.2 Å². The number of carbonyl (C=O) groups is 1. The zero-order chi connectivity index (χ0) is 15.2. The molecule has 1 aliphatic heterocycles. The number of carbonyl (C=O) groups excluding carboxylic acids is 1. The van der Waals surface area contributed by atoms with Gasteiger partial charge in [-0.2, -0.15) is 0 Å². The average Bonchev–Trinajstić information content (AvgIpc) is 2.49. The second kappa shape index (κ2) is 7.34. The molecule has 2 rings (SSSR count). The van der Waals surface area contributed by atoms with Crippen molar-refractivity contribution in [3.8, 4) is 11.5 Å². The zero-order valence-corrected chi connectivity index (χ0v) is 13.1. The van der Waals surface area contributed by atoms with E-state index >= 15 is 0 Å². The summed E-state index contributed by atoms with van der Waals surface area (Å²) in [6.07, 6.45) is 2.55. The smallest absolute Gasteiger partial charge is 0.220 e. The molecule has 21 heavy (non-hydrogen) atoms. The molecule has 0 fully saturated rings. The van der Waals surface area contributed by atoms with Crippen LogP contribution >= 0.6 is 0 Å². The molecule has 0 aromatic heterocycles. The molecule has 0 bridgehead atoms. The molecule has 0 radical (unpaired) electrons. The predicted molar refractivity (Wildman–Crippen MR) is 82.7 cm³/mol. The Kier molecular flexibility index (Phi) is 5.48. The van der Waals surface area contributed by atoms with E-state index in [0.29, 0.717) is 25.6 Å². The molecule has 1 aromatic rings. The third-order valence-electron chi connectivity index (χ3n) is 3.67. The third-order valence-corrected chi connectivity index (χ3v) is 3.67. The number of hydrogen-bond acceptors (Lipinski definition) is 3. The van der Waals surface area contributed by atoms with Crippen molar-refractivity contribution in [2.75, 3.05) is 13.2 Å². The summed E-state index contributed by atoms with van der Waals surface area (Å²) in [5, 5.41) is 3.14. The quantitative estimate of drug-likeness (QED) is 0.873. The number of nitrogens with one attached hydrogen (secondary N) is 1. The summed E-state index contributed by atoms with van der Waals surface area (Å²) >= 11 is 0. The van der Waals surface area contributed by atoms with Gasteiger partial charge in [0, 0.05) is 6.42 Å². The standard InChI is InChI=1S/C17H25NO3/c1-4-5-6-16(19)18-17(12(2)3)13-7-8-14-15(11-13)21-10-9-20-14/h7-8,11-12,17H,4-6,9-10H2,1-3H3,(H,18,19). The third kappa shape index (κ3) is 4.13. The van der Waals surface area contributed by atoms with E-state index in [1.165, 1.54) is 0 Å². The molecule has 1 N–H and O–H groups in total. The lowest BCUT2D eigenvalue weighted by atomic mass is 9.95. The van der Waals surface area contributed by atoms with Crippen LogP contribution < -0.4 is 14.8 Å². The lowest BCUT2D eigenvalue weighted by molar-refractivity contribution is -0.122. The fraction of sp³-hybridized carbons (Fsp3) is 0.588. The summed E-state index contributed by atoms with van der Waals surface area (Å²) in [5.74, 6) is 1.99. The normalized spacial score (nSPS) is 14.9. The SMILES string of the molecule is CCCCC(=O)NC(c1ccc2c(c1)OCCO2)C(C)C. The van der Waals surface area contributed by atoms with Gasteiger partial charge in [0.05, 0.1) is 6.04 Å². The van der Waals surface area contributed by atoms with Crippen LogP contribution in [0.4, 0.5) is 0 Å². The maximum absolute atomic E-state index is 12.0. The van der Waals surface area contributed by atoms with E-state index in [2.05, 4.69) is 26.1 Å². The average molecular weight is 291 g/mol. The van der Waals surface area contributed by atoms with Gasteiger partial charge in [0.25, 0.3) is 0 Å². The van der Waals surface area contributed by atoms with Gasteiger partial charge in [-0.3, -0.25) is 4.79 Å². The highest BCUT2D eigenvalue weighted by atomic mass is 16.6. The molecular weight excluding hydrogens is 266 g/mol. The number of ether oxygens (including phenoxy) is 2. The van der Waals surface area contributed by atoms with Crippen LogP contribution in [0.15, 0.2) is 18.2 Å². The lowest BCUT2D eigenvalue weighted by Crippen LogP contribution is -2.31. The Morgan fingerprint density at radius 1 is 1.24 bits per heavy atom. The van der Waals surface area contributed by atoms with Crippen molar-refractivity contribution in [1.29, 1.82) is 0 Å². The van der Waals surface area contributed by atoms with Crippen LogP contribution in [0.3, 0.4) is 0 Å². The Balaban J connectivity index is 2.12. The van der Waals surface area contributed by atoms with Gasteiger partial charge in [0.2, 0.25) is 5.91 Å². The molecule has 1 atom stereocenters. The molecule has 0 spiro atoms. The fourth-order valence-corrected chi connectivity index (χ4v) is 2.47. The first kappa shape index (κ1) is 15.7. The number of hydrogen-bond donors (Lipinski definition) is 1. The summed E-state index contributed by atoms with van der Waals surface area (Å²) in [4.78, 5) is 12.0. The maximum Gasteiger partial charge on any atom is 0.220 e. The molecule has 4 nitrogen and oxygen atoms in total. The molecule has 0 aliphatic carbocycles. The minimum atomic E-state index is 0.00480. The van der Waals surface area contributed by atoms with Gasteiger partial charge in [0.1, 0.15) is 13.2 Å². The zero-order valence-electron chi connectivity index (χ0n) is 13.1. The summed E-state index contributed by atoms with van der Waals surface area (Å²) in [6.45, 7) is 7.48. The summed E-state index contributed by atoms with van der Waals surface area (Å²) in [6, 6.07) is 5.93. The molecule has 0 saturated carbocycles. The van der Waals surface area contributed by atoms with Crippen molar-refractivity contribution in [1.82, 2.24) is 5.32 Å². The molecule has 1 heterocycles. The molecular formula is C17H25NO3. The molecule has 1 unspecified atom stereocenters. The van der Waals surface area contributed by atoms with E-state index in [4.69, 9.17) is 9.47 Å². The molecule has 1 amide bonds. The van der Waals surface area contributed by atoms with Crippen LogP contribution in [0.2, 0.25) is 0 Å². The molecule has 4 heteroatoms. The van der Waals surface area contributed by atoms with Crippen LogP contribution in [0.25, 0.3) is 0 Å². The highest BCUT2D eigenvalue weighted by Gasteiger charge is 2.21. The largest absolute Gasteiger partial charge is 0.486 e. The van der Waals surface area contributed by atoms with Crippen LogP contribution in [0.5, 0.6) is 11.5 Å². The van der Waals surface area contributed by atoms with Gasteiger partial charge in [-0.15, -0.1) is 0 Å². The van der Waals surface area contributed by atoms with Gasteiger partial charge >= 0.3 is 0 Å². The number of amides is 1. The Morgan fingerprint density at radius 3 is 2.62 bits per heavy atom. The number of benzene rings is 1. The van der Waals surface area contributed by atoms with E-state index in [9.17, 15) is 4.79 Å². The highest BCUT2D eigenvalue weighted by Crippen LogP contribution is 2.34. The van der Waals surface area contributed by atoms with Crippen molar-refractivity contribution in [3.63, 3.8) is 0 Å². The van der Waals surface area contributed by atoms with E-state index < -0.39 is 0 Å². The molecule has 1 aromatic carbocycles. The van der Waals surface area contributed by atoms with Crippen molar-refractivity contribution in [2.24, 2.45) is 5.92 Å². The molecule has 1 aliphatic rings. The fourth-order valence-electron chi connectivity index (χ4n) is 2.47. The van der Waals surface area contributed by atoms with Gasteiger partial charge in [0.15, 0.2) is 11.5 Å². The van der Waals surface area contributed by atoms with Crippen LogP contribution in [-0.2, 0) is 4.79 Å². The van der Waals surface area contributed by atoms with E-state index in [-0.39, 0.29) is 11.9 Å². The molecule has 116 valence electrons. The Hall–Kier alpha value is -1.71. The monoisotopic (exact) mass is 291 g/mol. The highest BCUT2D eigenvalue weighted by molar-refractivity contribution is 5.76.